The van der Waals surface area contributed by atoms with Gasteiger partial charge < -0.3 is 15.4 Å². The van der Waals surface area contributed by atoms with E-state index in [4.69, 9.17) is 10.5 Å². The van der Waals surface area contributed by atoms with Crippen LogP contribution < -0.4 is 15.4 Å². The molecule has 19 heavy (non-hydrogen) atoms. The number of rotatable bonds is 5. The summed E-state index contributed by atoms with van der Waals surface area (Å²) >= 11 is 1.72. The lowest BCUT2D eigenvalue weighted by atomic mass is 10.3. The summed E-state index contributed by atoms with van der Waals surface area (Å²) in [7, 11) is 1.59. The van der Waals surface area contributed by atoms with Gasteiger partial charge in [-0.2, -0.15) is 0 Å². The van der Waals surface area contributed by atoms with Gasteiger partial charge in [0.2, 0.25) is 5.75 Å². The molecule has 5 nitrogen and oxygen atoms in total. The lowest BCUT2D eigenvalue weighted by Gasteiger charge is -2.28. The molecule has 102 valence electrons. The van der Waals surface area contributed by atoms with Crippen molar-refractivity contribution >= 4 is 23.0 Å². The van der Waals surface area contributed by atoms with Crippen LogP contribution in [0.5, 0.6) is 5.75 Å². The first kappa shape index (κ1) is 13.6. The number of hydrogen-bond acceptors (Lipinski definition) is 6. The van der Waals surface area contributed by atoms with Gasteiger partial charge in [0.05, 0.1) is 13.7 Å². The van der Waals surface area contributed by atoms with Gasteiger partial charge in [-0.05, 0) is 25.3 Å². The number of thiophene rings is 1. The molecule has 2 aromatic heterocycles. The normalized spacial score (nSPS) is 10.7. The highest BCUT2D eigenvalue weighted by Gasteiger charge is 2.20. The molecule has 2 heterocycles. The van der Waals surface area contributed by atoms with E-state index in [0.717, 1.165) is 12.4 Å². The van der Waals surface area contributed by atoms with Gasteiger partial charge in [0, 0.05) is 10.9 Å². The molecule has 0 radical (unpaired) electrons. The quantitative estimate of drug-likeness (QED) is 0.910. The molecule has 0 unspecified atom stereocenters. The van der Waals surface area contributed by atoms with E-state index in [1.165, 1.54) is 11.2 Å². The summed E-state index contributed by atoms with van der Waals surface area (Å²) < 4.78 is 5.34. The van der Waals surface area contributed by atoms with E-state index < -0.39 is 0 Å². The summed E-state index contributed by atoms with van der Waals surface area (Å²) in [5.41, 5.74) is 5.84. The van der Waals surface area contributed by atoms with Crippen LogP contribution in [-0.2, 0) is 6.54 Å². The van der Waals surface area contributed by atoms with Gasteiger partial charge >= 0.3 is 0 Å². The van der Waals surface area contributed by atoms with Crippen molar-refractivity contribution in [2.45, 2.75) is 26.4 Å². The smallest absolute Gasteiger partial charge is 0.204 e. The molecule has 0 saturated carbocycles. The highest BCUT2D eigenvalue weighted by Crippen LogP contribution is 2.32. The maximum absolute atomic E-state index is 5.84. The second-order valence-electron chi connectivity index (χ2n) is 4.42. The second kappa shape index (κ2) is 5.88. The molecule has 0 aromatic carbocycles. The standard InChI is InChI=1S/C13H18N4OS/c1-9(2)17(7-10-5-4-6-19-10)13-11(18-3)12(14)15-8-16-13/h4-6,8-9H,7H2,1-3H3,(H2,14,15,16). The van der Waals surface area contributed by atoms with Crippen molar-refractivity contribution in [1.29, 1.82) is 0 Å². The average molecular weight is 278 g/mol. The number of ether oxygens (including phenoxy) is 1. The average Bonchev–Trinajstić information content (AvgIpc) is 2.88. The minimum atomic E-state index is 0.283. The van der Waals surface area contributed by atoms with Gasteiger partial charge in [-0.25, -0.2) is 9.97 Å². The van der Waals surface area contributed by atoms with Gasteiger partial charge in [0.1, 0.15) is 6.33 Å². The largest absolute Gasteiger partial charge is 0.490 e. The maximum atomic E-state index is 5.84. The lowest BCUT2D eigenvalue weighted by Crippen LogP contribution is -2.31. The molecule has 0 spiro atoms. The Morgan fingerprint density at radius 3 is 2.79 bits per heavy atom. The first-order valence-electron chi connectivity index (χ1n) is 6.07. The van der Waals surface area contributed by atoms with Crippen LogP contribution in [0, 0.1) is 0 Å². The van der Waals surface area contributed by atoms with Gasteiger partial charge in [-0.3, -0.25) is 0 Å². The third kappa shape index (κ3) is 2.96. The van der Waals surface area contributed by atoms with Crippen LogP contribution in [0.3, 0.4) is 0 Å². The Bertz CT molecular complexity index is 527. The van der Waals surface area contributed by atoms with Crippen molar-refractivity contribution in [2.24, 2.45) is 0 Å². The molecule has 2 aromatic rings. The van der Waals surface area contributed by atoms with Crippen molar-refractivity contribution in [3.05, 3.63) is 28.7 Å². The Balaban J connectivity index is 2.36. The number of hydrogen-bond donors (Lipinski definition) is 1. The molecule has 0 aliphatic rings. The van der Waals surface area contributed by atoms with E-state index in [0.29, 0.717) is 11.6 Å². The van der Waals surface area contributed by atoms with Crippen molar-refractivity contribution in [3.63, 3.8) is 0 Å². The maximum Gasteiger partial charge on any atom is 0.204 e. The minimum absolute atomic E-state index is 0.283. The minimum Gasteiger partial charge on any atom is -0.490 e. The number of aromatic nitrogens is 2. The van der Waals surface area contributed by atoms with Gasteiger partial charge in [0.15, 0.2) is 11.6 Å². The number of nitrogens with zero attached hydrogens (tertiary/aromatic N) is 3. The molecule has 2 rings (SSSR count). The molecule has 0 fully saturated rings. The monoisotopic (exact) mass is 278 g/mol. The third-order valence-electron chi connectivity index (χ3n) is 2.82. The van der Waals surface area contributed by atoms with E-state index in [-0.39, 0.29) is 6.04 Å². The molecular formula is C13H18N4OS. The molecular weight excluding hydrogens is 260 g/mol. The fourth-order valence-electron chi connectivity index (χ4n) is 1.85. The Kier molecular flexibility index (Phi) is 4.21. The van der Waals surface area contributed by atoms with E-state index in [1.54, 1.807) is 18.4 Å². The summed E-state index contributed by atoms with van der Waals surface area (Å²) in [5.74, 6) is 1.63. The van der Waals surface area contributed by atoms with E-state index in [9.17, 15) is 0 Å². The van der Waals surface area contributed by atoms with E-state index in [1.807, 2.05) is 6.07 Å². The molecule has 0 aliphatic heterocycles. The Hall–Kier alpha value is -1.82. The van der Waals surface area contributed by atoms with Crippen LogP contribution in [0.25, 0.3) is 0 Å². The van der Waals surface area contributed by atoms with Crippen LogP contribution in [0.2, 0.25) is 0 Å². The van der Waals surface area contributed by atoms with Gasteiger partial charge in [-0.1, -0.05) is 6.07 Å². The second-order valence-corrected chi connectivity index (χ2v) is 5.45. The molecule has 0 bridgehead atoms. The first-order valence-corrected chi connectivity index (χ1v) is 6.95. The van der Waals surface area contributed by atoms with Crippen molar-refractivity contribution in [2.75, 3.05) is 17.7 Å². The Morgan fingerprint density at radius 1 is 1.42 bits per heavy atom. The number of nitrogen functional groups attached to an aromatic ring is 1. The number of nitrogens with two attached hydrogens (primary N) is 1. The van der Waals surface area contributed by atoms with Gasteiger partial charge in [-0.15, -0.1) is 11.3 Å². The van der Waals surface area contributed by atoms with E-state index >= 15 is 0 Å². The third-order valence-corrected chi connectivity index (χ3v) is 3.68. The summed E-state index contributed by atoms with van der Waals surface area (Å²) in [4.78, 5) is 11.7. The fraction of sp³-hybridized carbons (Fsp3) is 0.385. The van der Waals surface area contributed by atoms with Crippen molar-refractivity contribution < 1.29 is 4.74 Å². The molecule has 0 amide bonds. The Morgan fingerprint density at radius 2 is 2.21 bits per heavy atom. The SMILES string of the molecule is COc1c(N)ncnc1N(Cc1cccs1)C(C)C. The molecule has 0 atom stereocenters. The van der Waals surface area contributed by atoms with E-state index in [2.05, 4.69) is 40.2 Å². The molecule has 0 aliphatic carbocycles. The molecule has 6 heteroatoms. The molecule has 2 N–H and O–H groups in total. The van der Waals surface area contributed by atoms with Gasteiger partial charge in [0.25, 0.3) is 0 Å². The highest BCUT2D eigenvalue weighted by atomic mass is 32.1. The predicted molar refractivity (Wildman–Crippen MR) is 78.6 cm³/mol. The topological polar surface area (TPSA) is 64.3 Å². The number of methoxy groups -OCH3 is 1. The van der Waals surface area contributed by atoms with Crippen LogP contribution in [0.1, 0.15) is 18.7 Å². The van der Waals surface area contributed by atoms with Crippen LogP contribution in [-0.4, -0.2) is 23.1 Å². The van der Waals surface area contributed by atoms with Crippen LogP contribution in [0.4, 0.5) is 11.6 Å². The summed E-state index contributed by atoms with van der Waals surface area (Å²) in [6.07, 6.45) is 1.47. The van der Waals surface area contributed by atoms with Crippen LogP contribution >= 0.6 is 11.3 Å². The summed E-state index contributed by atoms with van der Waals surface area (Å²) in [5, 5.41) is 2.07. The number of anilines is 2. The summed E-state index contributed by atoms with van der Waals surface area (Å²) in [6, 6.07) is 4.44. The first-order chi connectivity index (χ1) is 9.13. The zero-order valence-corrected chi connectivity index (χ0v) is 12.1. The zero-order valence-electron chi connectivity index (χ0n) is 11.3. The molecule has 0 saturated heterocycles. The van der Waals surface area contributed by atoms with Crippen molar-refractivity contribution in [1.82, 2.24) is 9.97 Å². The Labute approximate surface area is 117 Å². The van der Waals surface area contributed by atoms with Crippen LogP contribution in [0.15, 0.2) is 23.8 Å². The predicted octanol–water partition coefficient (Wildman–Crippen LogP) is 2.54. The fourth-order valence-corrected chi connectivity index (χ4v) is 2.55. The summed E-state index contributed by atoms with van der Waals surface area (Å²) in [6.45, 7) is 5.01. The zero-order chi connectivity index (χ0) is 13.8. The highest BCUT2D eigenvalue weighted by molar-refractivity contribution is 7.09. The van der Waals surface area contributed by atoms with Crippen molar-refractivity contribution in [3.8, 4) is 5.75 Å². The lowest BCUT2D eigenvalue weighted by molar-refractivity contribution is 0.411.